The van der Waals surface area contributed by atoms with Crippen LogP contribution in [0.1, 0.15) is 34.6 Å². The lowest BCUT2D eigenvalue weighted by Gasteiger charge is -2.34. The fourth-order valence-corrected chi connectivity index (χ4v) is 3.36. The number of aromatic nitrogens is 2. The third-order valence-corrected chi connectivity index (χ3v) is 5.27. The molecule has 3 rings (SSSR count). The molecule has 3 heterocycles. The number of oxime groups is 1. The Morgan fingerprint density at radius 1 is 1.40 bits per heavy atom. The minimum atomic E-state index is -0.235. The normalized spacial score (nSPS) is 15.9. The van der Waals surface area contributed by atoms with Crippen molar-refractivity contribution in [1.29, 1.82) is 0 Å². The molecule has 0 bridgehead atoms. The number of H-pyrrole nitrogens is 1. The lowest BCUT2D eigenvalue weighted by Crippen LogP contribution is -2.48. The molecule has 0 aliphatic carbocycles. The number of carbonyl (C=O) groups is 1. The van der Waals surface area contributed by atoms with Crippen LogP contribution in [-0.4, -0.2) is 46.1 Å². The zero-order chi connectivity index (χ0) is 18.0. The zero-order valence-corrected chi connectivity index (χ0v) is 15.2. The van der Waals surface area contributed by atoms with Crippen LogP contribution in [0.3, 0.4) is 0 Å². The summed E-state index contributed by atoms with van der Waals surface area (Å²) in [4.78, 5) is 15.3. The summed E-state index contributed by atoms with van der Waals surface area (Å²) >= 11 is 12.1. The number of piperidine rings is 1. The molecule has 0 aromatic carbocycles. The fourth-order valence-electron chi connectivity index (χ4n) is 2.95. The molecule has 1 fully saturated rings. The van der Waals surface area contributed by atoms with E-state index in [0.29, 0.717) is 16.4 Å². The maximum absolute atomic E-state index is 12.4. The summed E-state index contributed by atoms with van der Waals surface area (Å²) in [6.07, 6.45) is 6.83. The highest BCUT2D eigenvalue weighted by Crippen LogP contribution is 2.29. The van der Waals surface area contributed by atoms with Crippen molar-refractivity contribution in [3.8, 4) is 0 Å². The second-order valence-corrected chi connectivity index (χ2v) is 6.78. The van der Waals surface area contributed by atoms with E-state index in [4.69, 9.17) is 28.4 Å². The van der Waals surface area contributed by atoms with Crippen molar-refractivity contribution in [3.05, 3.63) is 45.5 Å². The smallest absolute Gasteiger partial charge is 0.269 e. The molecule has 7 nitrogen and oxygen atoms in total. The van der Waals surface area contributed by atoms with Crippen LogP contribution in [0.4, 0.5) is 0 Å². The van der Waals surface area contributed by atoms with Gasteiger partial charge >= 0.3 is 0 Å². The van der Waals surface area contributed by atoms with E-state index in [1.54, 1.807) is 6.92 Å². The number of aryl methyl sites for hydroxylation is 1. The number of rotatable bonds is 4. The lowest BCUT2D eigenvalue weighted by molar-refractivity contribution is 0.0925. The molecule has 3 N–H and O–H groups in total. The van der Waals surface area contributed by atoms with E-state index in [-0.39, 0.29) is 17.0 Å². The number of nitrogens with one attached hydrogen (secondary N) is 2. The molecular weight excluding hydrogens is 365 g/mol. The average Bonchev–Trinajstić information content (AvgIpc) is 3.16. The van der Waals surface area contributed by atoms with Gasteiger partial charge in [-0.15, -0.1) is 0 Å². The number of carbonyl (C=O) groups excluding carboxylic acids is 1. The van der Waals surface area contributed by atoms with Crippen LogP contribution in [0.2, 0.25) is 10.0 Å². The van der Waals surface area contributed by atoms with Crippen molar-refractivity contribution in [3.63, 3.8) is 0 Å². The van der Waals surface area contributed by atoms with E-state index in [1.807, 2.05) is 23.1 Å². The van der Waals surface area contributed by atoms with Gasteiger partial charge in [0.05, 0.1) is 16.3 Å². The summed E-state index contributed by atoms with van der Waals surface area (Å²) in [5.74, 6) is -0.235. The Morgan fingerprint density at radius 2 is 2.12 bits per heavy atom. The molecule has 25 heavy (non-hydrogen) atoms. The molecule has 0 spiro atoms. The third-order valence-electron chi connectivity index (χ3n) is 4.32. The predicted octanol–water partition coefficient (Wildman–Crippen LogP) is 2.77. The third kappa shape index (κ3) is 3.77. The van der Waals surface area contributed by atoms with Crippen molar-refractivity contribution < 1.29 is 10.0 Å². The number of hydrogen-bond donors (Lipinski definition) is 3. The van der Waals surface area contributed by atoms with Crippen LogP contribution in [-0.2, 0) is 0 Å². The molecule has 0 radical (unpaired) electrons. The second kappa shape index (κ2) is 7.41. The number of nitrogens with zero attached hydrogens (tertiary/aromatic N) is 3. The van der Waals surface area contributed by atoms with Crippen LogP contribution in [0.5, 0.6) is 0 Å². The van der Waals surface area contributed by atoms with Gasteiger partial charge < -0.3 is 20.5 Å². The summed E-state index contributed by atoms with van der Waals surface area (Å²) in [6, 6.07) is 1.95. The van der Waals surface area contributed by atoms with Crippen LogP contribution in [0.25, 0.3) is 0 Å². The number of amides is 1. The Labute approximate surface area is 155 Å². The molecule has 1 aliphatic rings. The van der Waals surface area contributed by atoms with Crippen LogP contribution < -0.4 is 10.3 Å². The number of hydrogen-bond acceptors (Lipinski definition) is 4. The van der Waals surface area contributed by atoms with Crippen molar-refractivity contribution in [2.24, 2.45) is 5.16 Å². The van der Waals surface area contributed by atoms with Crippen LogP contribution in [0, 0.1) is 6.92 Å². The van der Waals surface area contributed by atoms with Crippen molar-refractivity contribution in [2.45, 2.75) is 25.8 Å². The quantitative estimate of drug-likeness (QED) is 0.431. The molecule has 1 saturated heterocycles. The maximum Gasteiger partial charge on any atom is 0.269 e. The SMILES string of the molecule is Cc1[nH]c(C(=O)NC2CCN(n3ccc(/C=N/O)c3)CC2)c(Cl)c1Cl. The Kier molecular flexibility index (Phi) is 5.24. The van der Waals surface area contributed by atoms with E-state index in [9.17, 15) is 4.79 Å². The summed E-state index contributed by atoms with van der Waals surface area (Å²) in [7, 11) is 0. The monoisotopic (exact) mass is 383 g/mol. The topological polar surface area (TPSA) is 85.7 Å². The van der Waals surface area contributed by atoms with E-state index in [1.165, 1.54) is 6.21 Å². The molecule has 1 aliphatic heterocycles. The van der Waals surface area contributed by atoms with Gasteiger partial charge in [-0.05, 0) is 25.8 Å². The number of aromatic amines is 1. The summed E-state index contributed by atoms with van der Waals surface area (Å²) in [6.45, 7) is 3.37. The minimum absolute atomic E-state index is 0.0798. The Bertz CT molecular complexity index is 791. The van der Waals surface area contributed by atoms with Gasteiger partial charge in [0.2, 0.25) is 0 Å². The summed E-state index contributed by atoms with van der Waals surface area (Å²) in [5, 5.41) is 17.4. The van der Waals surface area contributed by atoms with Crippen molar-refractivity contribution in [2.75, 3.05) is 18.1 Å². The molecular formula is C16H19Cl2N5O2. The average molecular weight is 384 g/mol. The highest BCUT2D eigenvalue weighted by molar-refractivity contribution is 6.44. The number of halogens is 2. The van der Waals surface area contributed by atoms with Gasteiger partial charge in [-0.3, -0.25) is 9.47 Å². The lowest BCUT2D eigenvalue weighted by atomic mass is 10.1. The van der Waals surface area contributed by atoms with Crippen molar-refractivity contribution in [1.82, 2.24) is 15.0 Å². The molecule has 0 unspecified atom stereocenters. The van der Waals surface area contributed by atoms with Crippen molar-refractivity contribution >= 4 is 35.3 Å². The Balaban J connectivity index is 1.56. The zero-order valence-electron chi connectivity index (χ0n) is 13.7. The molecule has 0 atom stereocenters. The first-order valence-electron chi connectivity index (χ1n) is 7.94. The molecule has 9 heteroatoms. The summed E-state index contributed by atoms with van der Waals surface area (Å²) < 4.78 is 1.97. The fraction of sp³-hybridized carbons (Fsp3) is 0.375. The largest absolute Gasteiger partial charge is 0.411 e. The Hall–Kier alpha value is -2.12. The van der Waals surface area contributed by atoms with E-state index in [0.717, 1.165) is 31.5 Å². The molecule has 2 aromatic rings. The van der Waals surface area contributed by atoms with Gasteiger partial charge in [-0.25, -0.2) is 0 Å². The van der Waals surface area contributed by atoms with Gasteiger partial charge in [0, 0.05) is 42.8 Å². The molecule has 0 saturated carbocycles. The predicted molar refractivity (Wildman–Crippen MR) is 97.8 cm³/mol. The maximum atomic E-state index is 12.4. The summed E-state index contributed by atoms with van der Waals surface area (Å²) in [5.41, 5.74) is 1.82. The van der Waals surface area contributed by atoms with Crippen LogP contribution in [0.15, 0.2) is 23.6 Å². The molecule has 1 amide bonds. The molecule has 2 aromatic heterocycles. The molecule has 134 valence electrons. The highest BCUT2D eigenvalue weighted by Gasteiger charge is 2.24. The Morgan fingerprint density at radius 3 is 2.72 bits per heavy atom. The first-order chi connectivity index (χ1) is 12.0. The van der Waals surface area contributed by atoms with Gasteiger partial charge in [-0.2, -0.15) is 0 Å². The minimum Gasteiger partial charge on any atom is -0.411 e. The van der Waals surface area contributed by atoms with E-state index in [2.05, 4.69) is 20.5 Å². The van der Waals surface area contributed by atoms with Gasteiger partial charge in [0.25, 0.3) is 5.91 Å². The van der Waals surface area contributed by atoms with Gasteiger partial charge in [0.1, 0.15) is 5.69 Å². The highest BCUT2D eigenvalue weighted by atomic mass is 35.5. The standard InChI is InChI=1S/C16H19Cl2N5O2/c1-10-13(17)14(18)15(20-10)16(24)21-12-3-6-22(7-4-12)23-5-2-11(9-23)8-19-25/h2,5,8-9,12,20,25H,3-4,6-7H2,1H3,(H,21,24)/b19-8+. The van der Waals surface area contributed by atoms with E-state index < -0.39 is 0 Å². The van der Waals surface area contributed by atoms with Gasteiger partial charge in [0.15, 0.2) is 0 Å². The second-order valence-electron chi connectivity index (χ2n) is 6.02. The van der Waals surface area contributed by atoms with E-state index >= 15 is 0 Å². The first kappa shape index (κ1) is 17.7. The first-order valence-corrected chi connectivity index (χ1v) is 8.70. The van der Waals surface area contributed by atoms with Gasteiger partial charge in [-0.1, -0.05) is 28.4 Å². The van der Waals surface area contributed by atoms with Crippen LogP contribution >= 0.6 is 23.2 Å².